The number of nitrogen functional groups attached to an aromatic ring is 1. The maximum Gasteiger partial charge on any atom is 0.573 e. The van der Waals surface area contributed by atoms with E-state index in [-0.39, 0.29) is 36.5 Å². The van der Waals surface area contributed by atoms with Crippen LogP contribution in [-0.2, 0) is 22.5 Å². The number of ether oxygens (including phenoxy) is 2. The summed E-state index contributed by atoms with van der Waals surface area (Å²) in [4.78, 5) is 15.1. The first kappa shape index (κ1) is 16.0. The van der Waals surface area contributed by atoms with E-state index in [1.807, 2.05) is 0 Å². The Balaban J connectivity index is 3.12. The molecule has 4 N–H and O–H groups in total. The van der Waals surface area contributed by atoms with Gasteiger partial charge in [-0.1, -0.05) is 0 Å². The first-order valence-corrected chi connectivity index (χ1v) is 5.66. The highest BCUT2D eigenvalue weighted by molar-refractivity contribution is 5.76. The third-order valence-corrected chi connectivity index (χ3v) is 2.32. The predicted molar refractivity (Wildman–Crippen MR) is 63.6 cm³/mol. The van der Waals surface area contributed by atoms with E-state index in [1.165, 1.54) is 0 Å². The van der Waals surface area contributed by atoms with E-state index in [9.17, 15) is 18.0 Å². The van der Waals surface area contributed by atoms with Crippen molar-refractivity contribution in [3.05, 3.63) is 17.5 Å². The third kappa shape index (κ3) is 4.26. The molecule has 1 rings (SSSR count). The van der Waals surface area contributed by atoms with Crippen molar-refractivity contribution in [2.45, 2.75) is 26.3 Å². The van der Waals surface area contributed by atoms with E-state index < -0.39 is 18.1 Å². The number of anilines is 1. The van der Waals surface area contributed by atoms with Gasteiger partial charge in [0.25, 0.3) is 0 Å². The molecule has 0 spiro atoms. The summed E-state index contributed by atoms with van der Waals surface area (Å²) in [5, 5.41) is 0. The van der Waals surface area contributed by atoms with Crippen molar-refractivity contribution in [3.8, 4) is 5.75 Å². The molecule has 1 aromatic heterocycles. The number of pyridine rings is 1. The van der Waals surface area contributed by atoms with Crippen LogP contribution in [0.4, 0.5) is 18.9 Å². The minimum absolute atomic E-state index is 0.0766. The van der Waals surface area contributed by atoms with Gasteiger partial charge in [0.05, 0.1) is 30.6 Å². The van der Waals surface area contributed by atoms with Crippen molar-refractivity contribution < 1.29 is 27.4 Å². The second-order valence-electron chi connectivity index (χ2n) is 3.70. The Kier molecular flexibility index (Phi) is 5.14. The molecule has 0 saturated carbocycles. The summed E-state index contributed by atoms with van der Waals surface area (Å²) in [6, 6.07) is 0. The lowest BCUT2D eigenvalue weighted by atomic mass is 10.1. The summed E-state index contributed by atoms with van der Waals surface area (Å²) in [6.45, 7) is 1.67. The number of hydrogen-bond donors (Lipinski definition) is 2. The number of alkyl halides is 3. The Morgan fingerprint density at radius 1 is 1.45 bits per heavy atom. The van der Waals surface area contributed by atoms with Crippen LogP contribution in [0.15, 0.2) is 6.20 Å². The van der Waals surface area contributed by atoms with Gasteiger partial charge in [0, 0.05) is 12.1 Å². The largest absolute Gasteiger partial charge is 0.573 e. The number of aromatic nitrogens is 1. The third-order valence-electron chi connectivity index (χ3n) is 2.32. The van der Waals surface area contributed by atoms with Crippen molar-refractivity contribution >= 4 is 11.7 Å². The van der Waals surface area contributed by atoms with Gasteiger partial charge in [0.1, 0.15) is 0 Å². The van der Waals surface area contributed by atoms with E-state index in [2.05, 4.69) is 9.72 Å². The van der Waals surface area contributed by atoms with Crippen LogP contribution in [0.1, 0.15) is 18.2 Å². The molecule has 20 heavy (non-hydrogen) atoms. The van der Waals surface area contributed by atoms with Crippen molar-refractivity contribution in [1.29, 1.82) is 0 Å². The van der Waals surface area contributed by atoms with Gasteiger partial charge in [0.15, 0.2) is 5.75 Å². The normalized spacial score (nSPS) is 11.2. The minimum Gasteiger partial charge on any atom is -0.466 e. The van der Waals surface area contributed by atoms with E-state index in [1.54, 1.807) is 6.92 Å². The van der Waals surface area contributed by atoms with E-state index >= 15 is 0 Å². The molecule has 112 valence electrons. The monoisotopic (exact) mass is 293 g/mol. The molecule has 0 unspecified atom stereocenters. The number of nitrogens with zero attached hydrogens (tertiary/aromatic N) is 1. The molecule has 1 heterocycles. The van der Waals surface area contributed by atoms with Crippen molar-refractivity contribution in [1.82, 2.24) is 4.98 Å². The van der Waals surface area contributed by atoms with Crippen LogP contribution in [0.25, 0.3) is 0 Å². The van der Waals surface area contributed by atoms with E-state index in [0.29, 0.717) is 0 Å². The lowest BCUT2D eigenvalue weighted by Gasteiger charge is -2.15. The number of nitrogens with two attached hydrogens (primary N) is 2. The molecule has 0 amide bonds. The molecule has 0 aliphatic rings. The molecule has 9 heteroatoms. The van der Waals surface area contributed by atoms with Gasteiger partial charge in [-0.25, -0.2) is 0 Å². The average molecular weight is 293 g/mol. The van der Waals surface area contributed by atoms with Crippen LogP contribution in [0, 0.1) is 0 Å². The summed E-state index contributed by atoms with van der Waals surface area (Å²) in [7, 11) is 0. The molecule has 0 fully saturated rings. The molecular weight excluding hydrogens is 279 g/mol. The van der Waals surface area contributed by atoms with Gasteiger partial charge < -0.3 is 20.9 Å². The Labute approximate surface area is 112 Å². The molecule has 0 saturated heterocycles. The van der Waals surface area contributed by atoms with Gasteiger partial charge in [-0.05, 0) is 6.92 Å². The van der Waals surface area contributed by atoms with Gasteiger partial charge >= 0.3 is 12.3 Å². The van der Waals surface area contributed by atoms with Gasteiger partial charge in [-0.3, -0.25) is 9.78 Å². The zero-order chi connectivity index (χ0) is 15.3. The Hall–Kier alpha value is -2.03. The lowest BCUT2D eigenvalue weighted by molar-refractivity contribution is -0.274. The molecule has 0 aliphatic carbocycles. The second-order valence-corrected chi connectivity index (χ2v) is 3.70. The Morgan fingerprint density at radius 3 is 2.60 bits per heavy atom. The first-order chi connectivity index (χ1) is 9.28. The topological polar surface area (TPSA) is 100 Å². The molecule has 1 aromatic rings. The van der Waals surface area contributed by atoms with Crippen LogP contribution in [0.5, 0.6) is 5.75 Å². The van der Waals surface area contributed by atoms with Crippen LogP contribution in [0.3, 0.4) is 0 Å². The average Bonchev–Trinajstić information content (AvgIpc) is 2.33. The van der Waals surface area contributed by atoms with Crippen LogP contribution in [0.2, 0.25) is 0 Å². The minimum atomic E-state index is -4.90. The molecule has 6 nitrogen and oxygen atoms in total. The molecular formula is C11H14F3N3O3. The van der Waals surface area contributed by atoms with Crippen LogP contribution >= 0.6 is 0 Å². The highest BCUT2D eigenvalue weighted by Gasteiger charge is 2.33. The molecule has 0 aliphatic heterocycles. The van der Waals surface area contributed by atoms with Gasteiger partial charge in [-0.15, -0.1) is 13.2 Å². The maximum absolute atomic E-state index is 12.2. The van der Waals surface area contributed by atoms with Crippen molar-refractivity contribution in [2.24, 2.45) is 5.73 Å². The molecule has 0 aromatic carbocycles. The number of esters is 1. The Bertz CT molecular complexity index is 492. The number of rotatable bonds is 5. The maximum atomic E-state index is 12.2. The zero-order valence-electron chi connectivity index (χ0n) is 10.7. The molecule has 0 atom stereocenters. The van der Waals surface area contributed by atoms with Gasteiger partial charge in [-0.2, -0.15) is 0 Å². The second kappa shape index (κ2) is 6.42. The summed E-state index contributed by atoms with van der Waals surface area (Å²) in [5.41, 5.74) is 11.0. The number of carbonyl (C=O) groups is 1. The highest BCUT2D eigenvalue weighted by atomic mass is 19.4. The zero-order valence-corrected chi connectivity index (χ0v) is 10.7. The predicted octanol–water partition coefficient (Wildman–Crippen LogP) is 1.13. The Morgan fingerprint density at radius 2 is 2.10 bits per heavy atom. The summed E-state index contributed by atoms with van der Waals surface area (Å²) in [5.74, 6) is -1.31. The van der Waals surface area contributed by atoms with Gasteiger partial charge in [0.2, 0.25) is 0 Å². The van der Waals surface area contributed by atoms with Crippen LogP contribution < -0.4 is 16.2 Å². The smallest absolute Gasteiger partial charge is 0.466 e. The van der Waals surface area contributed by atoms with Crippen molar-refractivity contribution in [3.63, 3.8) is 0 Å². The first-order valence-electron chi connectivity index (χ1n) is 5.66. The number of halogens is 3. The quantitative estimate of drug-likeness (QED) is 0.789. The fraction of sp³-hybridized carbons (Fsp3) is 0.455. The molecule has 0 radical (unpaired) electrons. The number of hydrogen-bond acceptors (Lipinski definition) is 6. The number of carbonyl (C=O) groups excluding carboxylic acids is 1. The van der Waals surface area contributed by atoms with Crippen LogP contribution in [-0.4, -0.2) is 23.9 Å². The van der Waals surface area contributed by atoms with Crippen molar-refractivity contribution in [2.75, 3.05) is 12.3 Å². The SMILES string of the molecule is CCOC(=O)Cc1c(CN)ncc(OC(F)(F)F)c1N. The fourth-order valence-corrected chi connectivity index (χ4v) is 1.52. The highest BCUT2D eigenvalue weighted by Crippen LogP contribution is 2.31. The van der Waals surface area contributed by atoms with E-state index in [4.69, 9.17) is 16.2 Å². The fourth-order valence-electron chi connectivity index (χ4n) is 1.52. The molecule has 0 bridgehead atoms. The summed E-state index contributed by atoms with van der Waals surface area (Å²) >= 11 is 0. The standard InChI is InChI=1S/C11H14F3N3O3/c1-2-19-9(18)3-6-7(4-15)17-5-8(10(6)16)20-11(12,13)14/h5H,2-4,15H2,1H3,(H2,16,17). The lowest BCUT2D eigenvalue weighted by Crippen LogP contribution is -2.20. The van der Waals surface area contributed by atoms with E-state index in [0.717, 1.165) is 6.20 Å². The summed E-state index contributed by atoms with van der Waals surface area (Å²) < 4.78 is 45.0. The summed E-state index contributed by atoms with van der Waals surface area (Å²) in [6.07, 6.45) is -4.41.